The number of fused-ring (bicyclic) bond motifs is 1. The molecule has 0 bridgehead atoms. The van der Waals surface area contributed by atoms with Crippen LogP contribution in [0.3, 0.4) is 0 Å². The Morgan fingerprint density at radius 2 is 2.19 bits per heavy atom. The van der Waals surface area contributed by atoms with Crippen LogP contribution in [0.2, 0.25) is 0 Å². The van der Waals surface area contributed by atoms with E-state index in [1.165, 1.54) is 0 Å². The Bertz CT molecular complexity index is 638. The molecular weight excluding hydrogens is 204 g/mol. The molecule has 80 valence electrons. The Kier molecular flexibility index (Phi) is 2.62. The minimum Gasteiger partial charge on any atom is -0.322 e. The molecule has 0 aliphatic heterocycles. The van der Waals surface area contributed by atoms with Crippen molar-refractivity contribution in [2.24, 2.45) is 5.11 Å². The Morgan fingerprint density at radius 1 is 1.44 bits per heavy atom. The smallest absolute Gasteiger partial charge is 0.252 e. The highest BCUT2D eigenvalue weighted by Crippen LogP contribution is 2.26. The molecule has 1 N–H and O–H groups in total. The fraction of sp³-hybridized carbons (Fsp3) is 0.182. The van der Waals surface area contributed by atoms with Gasteiger partial charge in [-0.1, -0.05) is 30.2 Å². The fourth-order valence-electron chi connectivity index (χ4n) is 1.75. The van der Waals surface area contributed by atoms with Crippen molar-refractivity contribution in [1.82, 2.24) is 4.98 Å². The van der Waals surface area contributed by atoms with Gasteiger partial charge in [-0.3, -0.25) is 4.79 Å². The van der Waals surface area contributed by atoms with Crippen molar-refractivity contribution in [3.63, 3.8) is 0 Å². The predicted molar refractivity (Wildman–Crippen MR) is 62.8 cm³/mol. The quantitative estimate of drug-likeness (QED) is 0.465. The molecule has 2 aromatic rings. The maximum absolute atomic E-state index is 11.7. The normalized spacial score (nSPS) is 10.1. The van der Waals surface area contributed by atoms with E-state index >= 15 is 0 Å². The molecule has 0 saturated heterocycles. The van der Waals surface area contributed by atoms with Gasteiger partial charge >= 0.3 is 0 Å². The highest BCUT2D eigenvalue weighted by Gasteiger charge is 2.08. The van der Waals surface area contributed by atoms with Gasteiger partial charge in [0.15, 0.2) is 0 Å². The zero-order chi connectivity index (χ0) is 11.5. The number of hydrogen-bond acceptors (Lipinski definition) is 2. The van der Waals surface area contributed by atoms with Crippen molar-refractivity contribution in [2.45, 2.75) is 13.3 Å². The van der Waals surface area contributed by atoms with E-state index in [2.05, 4.69) is 15.0 Å². The van der Waals surface area contributed by atoms with Gasteiger partial charge in [-0.25, -0.2) is 0 Å². The Balaban J connectivity index is 2.98. The topological polar surface area (TPSA) is 81.6 Å². The minimum atomic E-state index is -0.191. The van der Waals surface area contributed by atoms with Crippen LogP contribution in [0.1, 0.15) is 12.5 Å². The zero-order valence-electron chi connectivity index (χ0n) is 8.77. The highest BCUT2D eigenvalue weighted by molar-refractivity contribution is 5.90. The number of azide groups is 1. The number of H-pyrrole nitrogens is 1. The van der Waals surface area contributed by atoms with Gasteiger partial charge in [-0.2, -0.15) is 0 Å². The summed E-state index contributed by atoms with van der Waals surface area (Å²) in [6, 6.07) is 7.28. The van der Waals surface area contributed by atoms with Crippen LogP contribution in [0.15, 0.2) is 34.2 Å². The van der Waals surface area contributed by atoms with Gasteiger partial charge in [0.1, 0.15) is 0 Å². The number of benzene rings is 1. The summed E-state index contributed by atoms with van der Waals surface area (Å²) in [6.45, 7) is 1.86. The molecule has 2 rings (SSSR count). The Hall–Kier alpha value is -2.26. The second kappa shape index (κ2) is 4.08. The molecule has 0 radical (unpaired) electrons. The van der Waals surface area contributed by atoms with Crippen LogP contribution >= 0.6 is 0 Å². The molecule has 0 unspecified atom stereocenters. The number of rotatable bonds is 2. The molecule has 5 nitrogen and oxygen atoms in total. The van der Waals surface area contributed by atoms with Crippen molar-refractivity contribution < 1.29 is 0 Å². The van der Waals surface area contributed by atoms with Crippen molar-refractivity contribution in [3.8, 4) is 0 Å². The third-order valence-corrected chi connectivity index (χ3v) is 2.49. The number of aromatic amines is 1. The summed E-state index contributed by atoms with van der Waals surface area (Å²) >= 11 is 0. The lowest BCUT2D eigenvalue weighted by molar-refractivity contribution is 1.07. The lowest BCUT2D eigenvalue weighted by Gasteiger charge is -2.05. The van der Waals surface area contributed by atoms with E-state index in [1.54, 1.807) is 6.07 Å². The SMILES string of the molecule is CCc1c(N=[N+]=[N-])c2ccccc2[nH]c1=O. The monoisotopic (exact) mass is 214 g/mol. The molecule has 0 spiro atoms. The van der Waals surface area contributed by atoms with Crippen molar-refractivity contribution >= 4 is 16.6 Å². The third kappa shape index (κ3) is 1.53. The number of hydrogen-bond donors (Lipinski definition) is 1. The lowest BCUT2D eigenvalue weighted by atomic mass is 10.1. The maximum Gasteiger partial charge on any atom is 0.252 e. The van der Waals surface area contributed by atoms with E-state index in [1.807, 2.05) is 25.1 Å². The molecule has 5 heteroatoms. The number of pyridine rings is 1. The van der Waals surface area contributed by atoms with Crippen molar-refractivity contribution in [2.75, 3.05) is 0 Å². The maximum atomic E-state index is 11.7. The minimum absolute atomic E-state index is 0.191. The van der Waals surface area contributed by atoms with E-state index in [-0.39, 0.29) is 5.56 Å². The molecule has 16 heavy (non-hydrogen) atoms. The van der Waals surface area contributed by atoms with Gasteiger partial charge in [-0.05, 0) is 18.0 Å². The number of nitrogens with one attached hydrogen (secondary N) is 1. The molecule has 1 aromatic carbocycles. The first-order valence-electron chi connectivity index (χ1n) is 4.97. The first kappa shape index (κ1) is 10.3. The van der Waals surface area contributed by atoms with Gasteiger partial charge in [0.25, 0.3) is 5.56 Å². The summed E-state index contributed by atoms with van der Waals surface area (Å²) in [5, 5.41) is 4.40. The van der Waals surface area contributed by atoms with Crippen LogP contribution in [-0.4, -0.2) is 4.98 Å². The van der Waals surface area contributed by atoms with Crippen LogP contribution in [0, 0.1) is 0 Å². The average molecular weight is 214 g/mol. The molecule has 0 atom stereocenters. The Labute approximate surface area is 91.4 Å². The fourth-order valence-corrected chi connectivity index (χ4v) is 1.75. The highest BCUT2D eigenvalue weighted by atomic mass is 16.1. The summed E-state index contributed by atoms with van der Waals surface area (Å²) in [5.41, 5.74) is 9.99. The predicted octanol–water partition coefficient (Wildman–Crippen LogP) is 3.03. The number of para-hydroxylation sites is 1. The summed E-state index contributed by atoms with van der Waals surface area (Å²) < 4.78 is 0. The lowest BCUT2D eigenvalue weighted by Crippen LogP contribution is -2.11. The summed E-state index contributed by atoms with van der Waals surface area (Å²) in [4.78, 5) is 17.3. The molecule has 1 aromatic heterocycles. The number of nitrogens with zero attached hydrogens (tertiary/aromatic N) is 3. The van der Waals surface area contributed by atoms with Crippen LogP contribution < -0.4 is 5.56 Å². The summed E-state index contributed by atoms with van der Waals surface area (Å²) in [7, 11) is 0. The average Bonchev–Trinajstić information content (AvgIpc) is 2.29. The van der Waals surface area contributed by atoms with E-state index in [9.17, 15) is 4.79 Å². The largest absolute Gasteiger partial charge is 0.322 e. The van der Waals surface area contributed by atoms with Gasteiger partial charge < -0.3 is 4.98 Å². The van der Waals surface area contributed by atoms with Crippen LogP contribution in [0.5, 0.6) is 0 Å². The standard InChI is InChI=1S/C11H10N4O/c1-2-7-10(14-15-12)8-5-3-4-6-9(8)13-11(7)16/h3-6H,2H2,1H3,(H,13,16). The molecule has 1 heterocycles. The summed E-state index contributed by atoms with van der Waals surface area (Å²) in [5.74, 6) is 0. The second-order valence-corrected chi connectivity index (χ2v) is 3.37. The van der Waals surface area contributed by atoms with Gasteiger partial charge in [0.2, 0.25) is 0 Å². The number of aromatic nitrogens is 1. The van der Waals surface area contributed by atoms with Crippen LogP contribution in [0.4, 0.5) is 5.69 Å². The molecule has 0 amide bonds. The molecule has 0 aliphatic carbocycles. The Morgan fingerprint density at radius 3 is 2.88 bits per heavy atom. The summed E-state index contributed by atoms with van der Waals surface area (Å²) in [6.07, 6.45) is 0.536. The van der Waals surface area contributed by atoms with E-state index < -0.39 is 0 Å². The van der Waals surface area contributed by atoms with E-state index in [0.29, 0.717) is 23.2 Å². The van der Waals surface area contributed by atoms with Crippen molar-refractivity contribution in [3.05, 3.63) is 50.6 Å². The third-order valence-electron chi connectivity index (χ3n) is 2.49. The van der Waals surface area contributed by atoms with Crippen LogP contribution in [0.25, 0.3) is 21.3 Å². The van der Waals surface area contributed by atoms with Gasteiger partial charge in [-0.15, -0.1) is 0 Å². The first-order chi connectivity index (χ1) is 7.77. The molecular formula is C11H10N4O. The molecule has 0 fully saturated rings. The van der Waals surface area contributed by atoms with E-state index in [4.69, 9.17) is 5.53 Å². The van der Waals surface area contributed by atoms with Crippen molar-refractivity contribution in [1.29, 1.82) is 0 Å². The van der Waals surface area contributed by atoms with Gasteiger partial charge in [0, 0.05) is 21.4 Å². The zero-order valence-corrected chi connectivity index (χ0v) is 8.77. The van der Waals surface area contributed by atoms with E-state index in [0.717, 1.165) is 5.39 Å². The second-order valence-electron chi connectivity index (χ2n) is 3.37. The molecule has 0 saturated carbocycles. The van der Waals surface area contributed by atoms with Gasteiger partial charge in [0.05, 0.1) is 5.69 Å². The van der Waals surface area contributed by atoms with Crippen LogP contribution in [-0.2, 0) is 6.42 Å². The molecule has 0 aliphatic rings. The first-order valence-corrected chi connectivity index (χ1v) is 4.97.